The Morgan fingerprint density at radius 3 is 2.49 bits per heavy atom. The van der Waals surface area contributed by atoms with E-state index in [0.717, 1.165) is 60.8 Å². The fraction of sp³-hybridized carbons (Fsp3) is 0.321. The zero-order valence-electron chi connectivity index (χ0n) is 20.2. The van der Waals surface area contributed by atoms with Gasteiger partial charge in [0.05, 0.1) is 11.4 Å². The van der Waals surface area contributed by atoms with Crippen molar-refractivity contribution in [2.45, 2.75) is 37.3 Å². The van der Waals surface area contributed by atoms with E-state index in [1.807, 2.05) is 26.2 Å². The average Bonchev–Trinajstić information content (AvgIpc) is 3.10. The van der Waals surface area contributed by atoms with E-state index in [2.05, 4.69) is 61.8 Å². The van der Waals surface area contributed by atoms with Gasteiger partial charge in [-0.1, -0.05) is 30.3 Å². The number of likely N-dealkylation sites (tertiary alicyclic amines) is 1. The van der Waals surface area contributed by atoms with Crippen LogP contribution in [0, 0.1) is 5.82 Å². The lowest BCUT2D eigenvalue weighted by Crippen LogP contribution is -2.42. The lowest BCUT2D eigenvalue weighted by atomic mass is 10.0. The third-order valence-electron chi connectivity index (χ3n) is 6.94. The number of nitrogens with zero attached hydrogens (tertiary/aromatic N) is 3. The van der Waals surface area contributed by atoms with Crippen molar-refractivity contribution in [2.24, 2.45) is 0 Å². The fourth-order valence-electron chi connectivity index (χ4n) is 4.87. The van der Waals surface area contributed by atoms with Crippen LogP contribution in [0.1, 0.15) is 36.5 Å². The van der Waals surface area contributed by atoms with E-state index < -0.39 is 4.99 Å². The van der Waals surface area contributed by atoms with Gasteiger partial charge in [-0.05, 0) is 61.7 Å². The first kappa shape index (κ1) is 23.7. The second kappa shape index (κ2) is 9.91. The number of hydrogen-bond donors (Lipinski definition) is 3. The zero-order chi connectivity index (χ0) is 24.4. The monoisotopic (exact) mass is 489 g/mol. The van der Waals surface area contributed by atoms with Crippen LogP contribution in [0.5, 0.6) is 0 Å². The molecule has 1 atom stereocenters. The van der Waals surface area contributed by atoms with E-state index in [9.17, 15) is 4.39 Å². The van der Waals surface area contributed by atoms with Crippen molar-refractivity contribution in [2.75, 3.05) is 25.5 Å². The Morgan fingerprint density at radius 1 is 1.06 bits per heavy atom. The van der Waals surface area contributed by atoms with Crippen molar-refractivity contribution in [1.82, 2.24) is 20.1 Å². The summed E-state index contributed by atoms with van der Waals surface area (Å²) in [6.45, 7) is 5.15. The molecule has 182 valence electrons. The molecular formula is C28H32FN5S. The third-order valence-corrected chi connectivity index (χ3v) is 7.35. The topological polar surface area (TPSA) is 43.4 Å². The molecule has 3 aromatic rings. The van der Waals surface area contributed by atoms with Gasteiger partial charge in [-0.15, -0.1) is 12.6 Å². The van der Waals surface area contributed by atoms with Crippen molar-refractivity contribution in [3.05, 3.63) is 95.4 Å². The van der Waals surface area contributed by atoms with E-state index in [4.69, 9.17) is 12.6 Å². The lowest BCUT2D eigenvalue weighted by molar-refractivity contribution is 0.211. The van der Waals surface area contributed by atoms with Crippen LogP contribution in [0.15, 0.2) is 72.9 Å². The molecule has 2 aliphatic rings. The number of piperidine rings is 1. The maximum absolute atomic E-state index is 13.5. The van der Waals surface area contributed by atoms with Gasteiger partial charge in [-0.3, -0.25) is 4.90 Å². The SMILES string of the molecule is CN1C(c2ccnc(NC3CCN(Cc4ccccc4)CC3)c2)=C(c2ccc(F)cc2)NC1(C)S. The minimum Gasteiger partial charge on any atom is -0.367 e. The van der Waals surface area contributed by atoms with Crippen molar-refractivity contribution >= 4 is 29.8 Å². The molecule has 1 saturated heterocycles. The molecule has 5 nitrogen and oxygen atoms in total. The summed E-state index contributed by atoms with van der Waals surface area (Å²) in [5.41, 5.74) is 5.26. The molecule has 35 heavy (non-hydrogen) atoms. The molecule has 1 unspecified atom stereocenters. The van der Waals surface area contributed by atoms with Gasteiger partial charge in [0.1, 0.15) is 11.6 Å². The smallest absolute Gasteiger partial charge is 0.153 e. The van der Waals surface area contributed by atoms with Crippen molar-refractivity contribution in [3.63, 3.8) is 0 Å². The van der Waals surface area contributed by atoms with Gasteiger partial charge in [0.2, 0.25) is 0 Å². The number of hydrogen-bond acceptors (Lipinski definition) is 6. The summed E-state index contributed by atoms with van der Waals surface area (Å²) in [6, 6.07) is 21.7. The highest BCUT2D eigenvalue weighted by Gasteiger charge is 2.37. The molecular weight excluding hydrogens is 457 g/mol. The van der Waals surface area contributed by atoms with Gasteiger partial charge in [-0.25, -0.2) is 9.37 Å². The number of halogens is 1. The van der Waals surface area contributed by atoms with Crippen LogP contribution in [-0.4, -0.2) is 46.0 Å². The highest BCUT2D eigenvalue weighted by Crippen LogP contribution is 2.40. The molecule has 0 spiro atoms. The number of thiol groups is 1. The van der Waals surface area contributed by atoms with Gasteiger partial charge >= 0.3 is 0 Å². The number of aromatic nitrogens is 1. The Bertz CT molecular complexity index is 1190. The molecule has 0 aliphatic carbocycles. The van der Waals surface area contributed by atoms with Gasteiger partial charge in [-0.2, -0.15) is 0 Å². The van der Waals surface area contributed by atoms with Gasteiger partial charge in [0.25, 0.3) is 0 Å². The summed E-state index contributed by atoms with van der Waals surface area (Å²) in [6.07, 6.45) is 4.01. The Labute approximate surface area is 212 Å². The van der Waals surface area contributed by atoms with Crippen LogP contribution < -0.4 is 10.6 Å². The van der Waals surface area contributed by atoms with E-state index in [1.165, 1.54) is 17.7 Å². The Balaban J connectivity index is 1.31. The molecule has 5 rings (SSSR count). The molecule has 2 aliphatic heterocycles. The number of nitrogens with one attached hydrogen (secondary N) is 2. The summed E-state index contributed by atoms with van der Waals surface area (Å²) >= 11 is 4.82. The second-order valence-corrected chi connectivity index (χ2v) is 10.4. The first-order chi connectivity index (χ1) is 16.9. The third kappa shape index (κ3) is 5.31. The second-order valence-electron chi connectivity index (χ2n) is 9.55. The molecule has 1 aromatic heterocycles. The van der Waals surface area contributed by atoms with Crippen molar-refractivity contribution < 1.29 is 4.39 Å². The van der Waals surface area contributed by atoms with Gasteiger partial charge < -0.3 is 15.5 Å². The molecule has 1 fully saturated rings. The molecule has 0 bridgehead atoms. The van der Waals surface area contributed by atoms with Crippen LogP contribution in [0.2, 0.25) is 0 Å². The Morgan fingerprint density at radius 2 is 1.77 bits per heavy atom. The summed E-state index contributed by atoms with van der Waals surface area (Å²) in [5, 5.41) is 7.15. The summed E-state index contributed by atoms with van der Waals surface area (Å²) in [5.74, 6) is 0.622. The van der Waals surface area contributed by atoms with Crippen LogP contribution in [0.3, 0.4) is 0 Å². The first-order valence-electron chi connectivity index (χ1n) is 12.1. The van der Waals surface area contributed by atoms with Crippen molar-refractivity contribution in [3.8, 4) is 0 Å². The lowest BCUT2D eigenvalue weighted by Gasteiger charge is -2.33. The van der Waals surface area contributed by atoms with Crippen LogP contribution >= 0.6 is 12.6 Å². The van der Waals surface area contributed by atoms with Crippen LogP contribution in [0.25, 0.3) is 11.4 Å². The molecule has 0 saturated carbocycles. The molecule has 2 N–H and O–H groups in total. The summed E-state index contributed by atoms with van der Waals surface area (Å²) in [4.78, 5) is 8.66. The molecule has 0 radical (unpaired) electrons. The van der Waals surface area contributed by atoms with E-state index >= 15 is 0 Å². The number of anilines is 1. The predicted octanol–water partition coefficient (Wildman–Crippen LogP) is 5.26. The molecule has 3 heterocycles. The van der Waals surface area contributed by atoms with E-state index in [1.54, 1.807) is 12.1 Å². The highest BCUT2D eigenvalue weighted by atomic mass is 32.1. The highest BCUT2D eigenvalue weighted by molar-refractivity contribution is 7.81. The minimum atomic E-state index is -0.568. The zero-order valence-corrected chi connectivity index (χ0v) is 21.1. The van der Waals surface area contributed by atoms with Gasteiger partial charge in [0, 0.05) is 50.0 Å². The fourth-order valence-corrected chi connectivity index (χ4v) is 5.08. The average molecular weight is 490 g/mol. The number of benzene rings is 2. The number of rotatable bonds is 6. The predicted molar refractivity (Wildman–Crippen MR) is 144 cm³/mol. The summed E-state index contributed by atoms with van der Waals surface area (Å²) < 4.78 is 13.5. The van der Waals surface area contributed by atoms with E-state index in [0.29, 0.717) is 6.04 Å². The maximum Gasteiger partial charge on any atom is 0.153 e. The molecule has 0 amide bonds. The Hall–Kier alpha value is -3.03. The van der Waals surface area contributed by atoms with Crippen molar-refractivity contribution in [1.29, 1.82) is 0 Å². The Kier molecular flexibility index (Phi) is 6.71. The quantitative estimate of drug-likeness (QED) is 0.412. The first-order valence-corrected chi connectivity index (χ1v) is 12.6. The summed E-state index contributed by atoms with van der Waals surface area (Å²) in [7, 11) is 2.02. The maximum atomic E-state index is 13.5. The largest absolute Gasteiger partial charge is 0.367 e. The van der Waals surface area contributed by atoms with Crippen LogP contribution in [-0.2, 0) is 6.54 Å². The van der Waals surface area contributed by atoms with Crippen LogP contribution in [0.4, 0.5) is 10.2 Å². The molecule has 2 aromatic carbocycles. The van der Waals surface area contributed by atoms with Gasteiger partial charge in [0.15, 0.2) is 4.99 Å². The minimum absolute atomic E-state index is 0.249. The standard InChI is InChI=1S/C28H32FN5S/c1-28(35)32-26(21-8-10-23(29)11-9-21)27(33(28)2)22-12-15-30-25(18-22)31-24-13-16-34(17-14-24)19-20-6-4-3-5-7-20/h3-12,15,18,24,32,35H,13-14,16-17,19H2,1-2H3,(H,30,31). The van der Waals surface area contributed by atoms with E-state index in [-0.39, 0.29) is 5.82 Å². The molecule has 7 heteroatoms. The number of pyridine rings is 1. The normalized spacial score (nSPS) is 21.3.